The third kappa shape index (κ3) is 5.02. The minimum absolute atomic E-state index is 1.47. The van der Waals surface area contributed by atoms with Crippen molar-refractivity contribution >= 4 is 0 Å². The maximum absolute atomic E-state index is 5.00. The fraction of sp³-hybridized carbons (Fsp3) is 0. The summed E-state index contributed by atoms with van der Waals surface area (Å²) in [5.41, 5.74) is 5.00. The van der Waals surface area contributed by atoms with E-state index in [-0.39, 0.29) is 0 Å². The van der Waals surface area contributed by atoms with Crippen LogP contribution in [-0.4, -0.2) is 0 Å². The van der Waals surface area contributed by atoms with E-state index < -0.39 is 0 Å². The molecule has 0 atom stereocenters. The number of rotatable bonds is 2. The summed E-state index contributed by atoms with van der Waals surface area (Å²) in [6.07, 6.45) is 8.53. The van der Waals surface area contributed by atoms with Gasteiger partial charge in [-0.15, -0.1) is 0 Å². The van der Waals surface area contributed by atoms with Gasteiger partial charge in [0.2, 0.25) is 0 Å². The Labute approximate surface area is 43.8 Å². The molecule has 0 rings (SSSR count). The summed E-state index contributed by atoms with van der Waals surface area (Å²) in [6.45, 7) is 3.47. The Bertz CT molecular complexity index is 90.4. The molecule has 0 aliphatic rings. The molecule has 0 unspecified atom stereocenters. The van der Waals surface area contributed by atoms with Crippen molar-refractivity contribution in [1.82, 2.24) is 0 Å². The van der Waals surface area contributed by atoms with Crippen molar-refractivity contribution in [2.24, 2.45) is 5.73 Å². The van der Waals surface area contributed by atoms with Crippen molar-refractivity contribution in [1.29, 1.82) is 0 Å². The number of nitrogens with two attached hydrogens (primary N) is 1. The van der Waals surface area contributed by atoms with Gasteiger partial charge in [-0.3, -0.25) is 0 Å². The van der Waals surface area contributed by atoms with Crippen LogP contribution in [0.4, 0.5) is 0 Å². The first-order valence-corrected chi connectivity index (χ1v) is 2.07. The molecule has 0 amide bonds. The molecule has 0 aliphatic heterocycles. The molecule has 0 bridgehead atoms. The van der Waals surface area contributed by atoms with E-state index in [2.05, 4.69) is 6.58 Å². The fourth-order valence-corrected chi connectivity index (χ4v) is 0.207. The van der Waals surface area contributed by atoms with Crippen LogP contribution in [0.25, 0.3) is 0 Å². The van der Waals surface area contributed by atoms with E-state index in [4.69, 9.17) is 5.73 Å². The van der Waals surface area contributed by atoms with Crippen molar-refractivity contribution in [3.05, 3.63) is 37.1 Å². The molecule has 0 spiro atoms. The molecular weight excluding hydrogens is 86.1 g/mol. The topological polar surface area (TPSA) is 26.0 Å². The molecule has 0 heterocycles. The predicted octanol–water partition coefficient (Wildman–Crippen LogP) is 1.20. The van der Waals surface area contributed by atoms with Crippen molar-refractivity contribution in [3.8, 4) is 0 Å². The monoisotopic (exact) mass is 95.1 g/mol. The molecule has 0 aromatic carbocycles. The Morgan fingerprint density at radius 2 is 1.86 bits per heavy atom. The second-order valence-electron chi connectivity index (χ2n) is 1.01. The average Bonchev–Trinajstić information content (AvgIpc) is 1.69. The summed E-state index contributed by atoms with van der Waals surface area (Å²) in [7, 11) is 0. The van der Waals surface area contributed by atoms with Gasteiger partial charge in [0.1, 0.15) is 0 Å². The Hall–Kier alpha value is -0.980. The molecular formula is C6H9N. The van der Waals surface area contributed by atoms with Crippen LogP contribution in [0.5, 0.6) is 0 Å². The molecule has 1 heteroatoms. The van der Waals surface area contributed by atoms with Gasteiger partial charge in [0.15, 0.2) is 0 Å². The molecule has 0 saturated carbocycles. The van der Waals surface area contributed by atoms with E-state index in [0.717, 1.165) is 0 Å². The molecule has 0 saturated heterocycles. The van der Waals surface area contributed by atoms with E-state index in [9.17, 15) is 0 Å². The molecule has 0 aliphatic carbocycles. The molecule has 38 valence electrons. The van der Waals surface area contributed by atoms with Crippen LogP contribution in [0.2, 0.25) is 0 Å². The van der Waals surface area contributed by atoms with Gasteiger partial charge in [-0.25, -0.2) is 0 Å². The summed E-state index contributed by atoms with van der Waals surface area (Å²) >= 11 is 0. The van der Waals surface area contributed by atoms with E-state index in [1.807, 2.05) is 12.2 Å². The van der Waals surface area contributed by atoms with E-state index in [1.54, 1.807) is 12.2 Å². The van der Waals surface area contributed by atoms with Crippen molar-refractivity contribution in [2.75, 3.05) is 0 Å². The van der Waals surface area contributed by atoms with Gasteiger partial charge in [-0.1, -0.05) is 24.8 Å². The Morgan fingerprint density at radius 1 is 1.14 bits per heavy atom. The van der Waals surface area contributed by atoms with E-state index in [1.165, 1.54) is 6.20 Å². The normalized spacial score (nSPS) is 10.9. The standard InChI is InChI=1S/C6H9N/c1-2-3-4-5-6-7/h2-6H,1,7H2/b4-3+,6-5+. The van der Waals surface area contributed by atoms with Gasteiger partial charge in [0, 0.05) is 0 Å². The van der Waals surface area contributed by atoms with Crippen LogP contribution in [-0.2, 0) is 0 Å². The molecule has 7 heavy (non-hydrogen) atoms. The largest absolute Gasteiger partial charge is 0.405 e. The highest BCUT2D eigenvalue weighted by atomic mass is 14.5. The minimum atomic E-state index is 1.47. The minimum Gasteiger partial charge on any atom is -0.405 e. The molecule has 0 radical (unpaired) electrons. The smallest absolute Gasteiger partial charge is 0.00624 e. The summed E-state index contributed by atoms with van der Waals surface area (Å²) in [4.78, 5) is 0. The summed E-state index contributed by atoms with van der Waals surface area (Å²) < 4.78 is 0. The fourth-order valence-electron chi connectivity index (χ4n) is 0.207. The van der Waals surface area contributed by atoms with Crippen LogP contribution in [0.1, 0.15) is 0 Å². The molecule has 0 fully saturated rings. The third-order valence-corrected chi connectivity index (χ3v) is 0.469. The van der Waals surface area contributed by atoms with Crippen molar-refractivity contribution < 1.29 is 0 Å². The van der Waals surface area contributed by atoms with E-state index >= 15 is 0 Å². The number of hydrogen-bond donors (Lipinski definition) is 1. The zero-order valence-corrected chi connectivity index (χ0v) is 4.17. The van der Waals surface area contributed by atoms with E-state index in [0.29, 0.717) is 0 Å². The van der Waals surface area contributed by atoms with Gasteiger partial charge >= 0.3 is 0 Å². The van der Waals surface area contributed by atoms with Crippen LogP contribution < -0.4 is 5.73 Å². The lowest BCUT2D eigenvalue weighted by molar-refractivity contribution is 1.60. The first kappa shape index (κ1) is 6.02. The number of allylic oxidation sites excluding steroid dienone is 4. The van der Waals surface area contributed by atoms with Gasteiger partial charge in [0.05, 0.1) is 0 Å². The summed E-state index contributed by atoms with van der Waals surface area (Å²) in [5.74, 6) is 0. The van der Waals surface area contributed by atoms with Crippen molar-refractivity contribution in [3.63, 3.8) is 0 Å². The number of hydrogen-bond acceptors (Lipinski definition) is 1. The molecule has 0 aromatic rings. The second kappa shape index (κ2) is 5.02. The lowest BCUT2D eigenvalue weighted by Gasteiger charge is -1.66. The highest BCUT2D eigenvalue weighted by Crippen LogP contribution is 1.71. The second-order valence-corrected chi connectivity index (χ2v) is 1.01. The van der Waals surface area contributed by atoms with Crippen LogP contribution in [0.3, 0.4) is 0 Å². The Kier molecular flexibility index (Phi) is 4.32. The van der Waals surface area contributed by atoms with Gasteiger partial charge in [-0.05, 0) is 12.3 Å². The van der Waals surface area contributed by atoms with Crippen molar-refractivity contribution in [2.45, 2.75) is 0 Å². The first-order chi connectivity index (χ1) is 3.41. The predicted molar refractivity (Wildman–Crippen MR) is 32.7 cm³/mol. The average molecular weight is 95.1 g/mol. The van der Waals surface area contributed by atoms with Gasteiger partial charge in [0.25, 0.3) is 0 Å². The van der Waals surface area contributed by atoms with Gasteiger partial charge < -0.3 is 5.73 Å². The lowest BCUT2D eigenvalue weighted by atomic mass is 10.5. The molecule has 2 N–H and O–H groups in total. The molecule has 0 aromatic heterocycles. The summed E-state index contributed by atoms with van der Waals surface area (Å²) in [5, 5.41) is 0. The van der Waals surface area contributed by atoms with Crippen LogP contribution >= 0.6 is 0 Å². The zero-order chi connectivity index (χ0) is 5.54. The maximum atomic E-state index is 5.00. The van der Waals surface area contributed by atoms with Crippen LogP contribution in [0.15, 0.2) is 37.1 Å². The third-order valence-electron chi connectivity index (χ3n) is 0.469. The lowest BCUT2D eigenvalue weighted by Crippen LogP contribution is -1.71. The molecule has 1 nitrogen and oxygen atoms in total. The SMILES string of the molecule is C=C/C=C/C=C/N. The summed E-state index contributed by atoms with van der Waals surface area (Å²) in [6, 6.07) is 0. The quantitative estimate of drug-likeness (QED) is 0.512. The highest BCUT2D eigenvalue weighted by molar-refractivity contribution is 5.07. The highest BCUT2D eigenvalue weighted by Gasteiger charge is 1.52. The Balaban J connectivity index is 3.27. The zero-order valence-electron chi connectivity index (χ0n) is 4.17. The Morgan fingerprint density at radius 3 is 2.29 bits per heavy atom. The maximum Gasteiger partial charge on any atom is -0.00624 e. The van der Waals surface area contributed by atoms with Gasteiger partial charge in [-0.2, -0.15) is 0 Å². The first-order valence-electron chi connectivity index (χ1n) is 2.07. The van der Waals surface area contributed by atoms with Crippen LogP contribution in [0, 0.1) is 0 Å².